The summed E-state index contributed by atoms with van der Waals surface area (Å²) in [5, 5.41) is 6.16. The average molecular weight is 176 g/mol. The summed E-state index contributed by atoms with van der Waals surface area (Å²) in [4.78, 5) is 0. The fourth-order valence-corrected chi connectivity index (χ4v) is 1.23. The molecule has 1 aromatic rings. The lowest BCUT2D eigenvalue weighted by atomic mass is 10.1. The van der Waals surface area contributed by atoms with E-state index < -0.39 is 0 Å². The van der Waals surface area contributed by atoms with Crippen LogP contribution in [-0.4, -0.2) is 24.8 Å². The Kier molecular flexibility index (Phi) is 3.07. The minimum Gasteiger partial charge on any atom is -0.303 e. The van der Waals surface area contributed by atoms with Crippen LogP contribution in [0.15, 0.2) is 29.4 Å². The number of hydrazone groups is 1. The summed E-state index contributed by atoms with van der Waals surface area (Å²) >= 11 is 0. The number of hydrogen-bond acceptors (Lipinski definition) is 2. The molecule has 0 bridgehead atoms. The smallest absolute Gasteiger partial charge is 0.0646 e. The number of hydrogen-bond donors (Lipinski definition) is 0. The normalized spacial score (nSPS) is 11.5. The maximum Gasteiger partial charge on any atom is 0.0646 e. The highest BCUT2D eigenvalue weighted by Crippen LogP contribution is 2.05. The molecule has 0 saturated carbocycles. The van der Waals surface area contributed by atoms with Gasteiger partial charge in [-0.2, -0.15) is 5.10 Å². The van der Waals surface area contributed by atoms with Crippen LogP contribution in [0.4, 0.5) is 0 Å². The van der Waals surface area contributed by atoms with Gasteiger partial charge in [0, 0.05) is 14.1 Å². The van der Waals surface area contributed by atoms with E-state index in [0.717, 1.165) is 5.71 Å². The van der Waals surface area contributed by atoms with Gasteiger partial charge in [0.1, 0.15) is 0 Å². The van der Waals surface area contributed by atoms with Crippen molar-refractivity contribution in [3.8, 4) is 0 Å². The van der Waals surface area contributed by atoms with Crippen LogP contribution in [0.3, 0.4) is 0 Å². The van der Waals surface area contributed by atoms with Crippen LogP contribution < -0.4 is 0 Å². The third-order valence-corrected chi connectivity index (χ3v) is 1.79. The summed E-state index contributed by atoms with van der Waals surface area (Å²) in [6.07, 6.45) is 0. The monoisotopic (exact) mass is 176 g/mol. The molecule has 0 fully saturated rings. The van der Waals surface area contributed by atoms with Gasteiger partial charge in [0.2, 0.25) is 0 Å². The van der Waals surface area contributed by atoms with Crippen molar-refractivity contribution in [2.45, 2.75) is 13.8 Å². The molecule has 1 aromatic carbocycles. The van der Waals surface area contributed by atoms with Gasteiger partial charge in [-0.3, -0.25) is 0 Å². The highest BCUT2D eigenvalue weighted by atomic mass is 15.4. The fraction of sp³-hybridized carbons (Fsp3) is 0.364. The van der Waals surface area contributed by atoms with Crippen LogP contribution in [0.2, 0.25) is 0 Å². The SMILES string of the molecule is CC(=NN(C)C)c1cccc(C)c1. The summed E-state index contributed by atoms with van der Waals surface area (Å²) in [5.74, 6) is 0. The molecule has 0 atom stereocenters. The van der Waals surface area contributed by atoms with Crippen molar-refractivity contribution >= 4 is 5.71 Å². The number of nitrogens with zero attached hydrogens (tertiary/aromatic N) is 2. The van der Waals surface area contributed by atoms with E-state index in [1.165, 1.54) is 11.1 Å². The second kappa shape index (κ2) is 4.08. The molecular formula is C11H16N2. The number of aryl methyl sites for hydroxylation is 1. The molecule has 0 amide bonds. The molecular weight excluding hydrogens is 160 g/mol. The maximum absolute atomic E-state index is 4.34. The molecule has 0 unspecified atom stereocenters. The predicted octanol–water partition coefficient (Wildman–Crippen LogP) is 2.28. The summed E-state index contributed by atoms with van der Waals surface area (Å²) in [6, 6.07) is 8.36. The van der Waals surface area contributed by atoms with Crippen molar-refractivity contribution in [1.82, 2.24) is 5.01 Å². The fourth-order valence-electron chi connectivity index (χ4n) is 1.23. The minimum absolute atomic E-state index is 1.05. The molecule has 70 valence electrons. The van der Waals surface area contributed by atoms with Crippen molar-refractivity contribution in [1.29, 1.82) is 0 Å². The zero-order valence-electron chi connectivity index (χ0n) is 8.70. The first kappa shape index (κ1) is 9.78. The van der Waals surface area contributed by atoms with Gasteiger partial charge in [0.15, 0.2) is 0 Å². The molecule has 13 heavy (non-hydrogen) atoms. The van der Waals surface area contributed by atoms with E-state index in [2.05, 4.69) is 36.3 Å². The van der Waals surface area contributed by atoms with Crippen LogP contribution in [0.1, 0.15) is 18.1 Å². The van der Waals surface area contributed by atoms with Crippen molar-refractivity contribution < 1.29 is 0 Å². The Bertz CT molecular complexity index is 314. The topological polar surface area (TPSA) is 15.6 Å². The number of rotatable bonds is 2. The van der Waals surface area contributed by atoms with Gasteiger partial charge in [0.05, 0.1) is 5.71 Å². The van der Waals surface area contributed by atoms with Crippen LogP contribution >= 0.6 is 0 Å². The lowest BCUT2D eigenvalue weighted by Crippen LogP contribution is -2.07. The molecule has 0 aliphatic heterocycles. The van der Waals surface area contributed by atoms with Gasteiger partial charge in [-0.15, -0.1) is 0 Å². The summed E-state index contributed by atoms with van der Waals surface area (Å²) in [7, 11) is 3.86. The quantitative estimate of drug-likeness (QED) is 0.498. The summed E-state index contributed by atoms with van der Waals surface area (Å²) in [5.41, 5.74) is 3.51. The highest BCUT2D eigenvalue weighted by Gasteiger charge is 1.96. The Labute approximate surface area is 79.9 Å². The van der Waals surface area contributed by atoms with E-state index in [0.29, 0.717) is 0 Å². The first-order valence-corrected chi connectivity index (χ1v) is 4.39. The van der Waals surface area contributed by atoms with Crippen LogP contribution in [0.5, 0.6) is 0 Å². The first-order valence-electron chi connectivity index (χ1n) is 4.39. The second-order valence-corrected chi connectivity index (χ2v) is 3.40. The predicted molar refractivity (Wildman–Crippen MR) is 57.1 cm³/mol. The molecule has 0 aromatic heterocycles. The van der Waals surface area contributed by atoms with E-state index in [-0.39, 0.29) is 0 Å². The Morgan fingerprint density at radius 1 is 1.31 bits per heavy atom. The summed E-state index contributed by atoms with van der Waals surface area (Å²) in [6.45, 7) is 4.11. The van der Waals surface area contributed by atoms with Crippen LogP contribution in [0.25, 0.3) is 0 Å². The van der Waals surface area contributed by atoms with E-state index in [9.17, 15) is 0 Å². The second-order valence-electron chi connectivity index (χ2n) is 3.40. The van der Waals surface area contributed by atoms with Crippen molar-refractivity contribution in [2.75, 3.05) is 14.1 Å². The Hall–Kier alpha value is -1.31. The third kappa shape index (κ3) is 2.90. The summed E-state index contributed by atoms with van der Waals surface area (Å²) < 4.78 is 0. The van der Waals surface area contributed by atoms with Crippen molar-refractivity contribution in [3.05, 3.63) is 35.4 Å². The maximum atomic E-state index is 4.34. The van der Waals surface area contributed by atoms with Crippen LogP contribution in [0, 0.1) is 6.92 Å². The zero-order valence-corrected chi connectivity index (χ0v) is 8.70. The lowest BCUT2D eigenvalue weighted by Gasteiger charge is -2.07. The molecule has 1 rings (SSSR count). The molecule has 0 N–H and O–H groups in total. The highest BCUT2D eigenvalue weighted by molar-refractivity contribution is 5.98. The van der Waals surface area contributed by atoms with E-state index >= 15 is 0 Å². The molecule has 2 nitrogen and oxygen atoms in total. The van der Waals surface area contributed by atoms with Gasteiger partial charge < -0.3 is 5.01 Å². The largest absolute Gasteiger partial charge is 0.303 e. The molecule has 0 saturated heterocycles. The van der Waals surface area contributed by atoms with E-state index in [1.54, 1.807) is 0 Å². The minimum atomic E-state index is 1.05. The van der Waals surface area contributed by atoms with Gasteiger partial charge in [0.25, 0.3) is 0 Å². The van der Waals surface area contributed by atoms with E-state index in [4.69, 9.17) is 0 Å². The van der Waals surface area contributed by atoms with Crippen LogP contribution in [-0.2, 0) is 0 Å². The van der Waals surface area contributed by atoms with Crippen molar-refractivity contribution in [2.24, 2.45) is 5.10 Å². The Morgan fingerprint density at radius 3 is 2.54 bits per heavy atom. The molecule has 0 spiro atoms. The molecule has 0 radical (unpaired) electrons. The zero-order chi connectivity index (χ0) is 9.84. The van der Waals surface area contributed by atoms with Gasteiger partial charge in [-0.1, -0.05) is 29.8 Å². The average Bonchev–Trinajstić information content (AvgIpc) is 2.03. The Morgan fingerprint density at radius 2 is 2.00 bits per heavy atom. The van der Waals surface area contributed by atoms with Gasteiger partial charge in [-0.05, 0) is 19.4 Å². The van der Waals surface area contributed by atoms with Crippen molar-refractivity contribution in [3.63, 3.8) is 0 Å². The Balaban J connectivity index is 2.95. The third-order valence-electron chi connectivity index (χ3n) is 1.79. The molecule has 2 heteroatoms. The van der Waals surface area contributed by atoms with E-state index in [1.807, 2.05) is 26.0 Å². The lowest BCUT2D eigenvalue weighted by molar-refractivity contribution is 0.438. The number of benzene rings is 1. The van der Waals surface area contributed by atoms with Gasteiger partial charge >= 0.3 is 0 Å². The standard InChI is InChI=1S/C11H16N2/c1-9-6-5-7-11(8-9)10(2)12-13(3)4/h5-8H,1-4H3. The molecule has 0 heterocycles. The molecule has 0 aliphatic rings. The first-order chi connectivity index (χ1) is 6.09. The molecule has 0 aliphatic carbocycles. The van der Waals surface area contributed by atoms with Gasteiger partial charge in [-0.25, -0.2) is 0 Å².